The van der Waals surface area contributed by atoms with Gasteiger partial charge >= 0.3 is 0 Å². The highest BCUT2D eigenvalue weighted by Gasteiger charge is 2.18. The van der Waals surface area contributed by atoms with Crippen LogP contribution in [0.4, 0.5) is 0 Å². The van der Waals surface area contributed by atoms with Crippen molar-refractivity contribution >= 4 is 21.8 Å². The van der Waals surface area contributed by atoms with Gasteiger partial charge in [-0.1, -0.05) is 24.3 Å². The first-order valence-corrected chi connectivity index (χ1v) is 9.40. The van der Waals surface area contributed by atoms with Crippen LogP contribution in [0.3, 0.4) is 0 Å². The number of aromatic nitrogens is 3. The molecular formula is C20H17N3O3S. The SMILES string of the molecule is COc1ccnc(-c2ccccc2S(=O)c2nc3c(OC)cccc3[nH]2)c1. The lowest BCUT2D eigenvalue weighted by Gasteiger charge is -2.08. The van der Waals surface area contributed by atoms with Gasteiger partial charge in [0.05, 0.1) is 30.3 Å². The second-order valence-corrected chi connectivity index (χ2v) is 7.11. The molecule has 2 aromatic carbocycles. The minimum atomic E-state index is -1.51. The molecule has 1 atom stereocenters. The zero-order valence-corrected chi connectivity index (χ0v) is 15.6. The molecule has 27 heavy (non-hydrogen) atoms. The van der Waals surface area contributed by atoms with Crippen LogP contribution in [0.25, 0.3) is 22.3 Å². The molecule has 1 N–H and O–H groups in total. The molecule has 1 unspecified atom stereocenters. The third-order valence-corrected chi connectivity index (χ3v) is 5.48. The number of pyridine rings is 1. The third kappa shape index (κ3) is 3.17. The molecule has 0 fully saturated rings. The van der Waals surface area contributed by atoms with Gasteiger partial charge in [0.25, 0.3) is 0 Å². The highest BCUT2D eigenvalue weighted by molar-refractivity contribution is 7.85. The number of fused-ring (bicyclic) bond motifs is 1. The molecule has 4 aromatic rings. The minimum absolute atomic E-state index is 0.366. The van der Waals surface area contributed by atoms with Gasteiger partial charge in [0, 0.05) is 17.8 Å². The number of methoxy groups -OCH3 is 2. The molecule has 0 saturated heterocycles. The van der Waals surface area contributed by atoms with Gasteiger partial charge in [-0.25, -0.2) is 9.19 Å². The molecule has 0 aliphatic rings. The van der Waals surface area contributed by atoms with E-state index in [1.165, 1.54) is 0 Å². The van der Waals surface area contributed by atoms with Gasteiger partial charge in [-0.05, 0) is 24.3 Å². The van der Waals surface area contributed by atoms with Crippen LogP contribution in [0.1, 0.15) is 0 Å². The van der Waals surface area contributed by atoms with E-state index in [2.05, 4.69) is 15.0 Å². The van der Waals surface area contributed by atoms with Crippen molar-refractivity contribution in [2.75, 3.05) is 14.2 Å². The van der Waals surface area contributed by atoms with Gasteiger partial charge in [-0.2, -0.15) is 0 Å². The Morgan fingerprint density at radius 2 is 1.85 bits per heavy atom. The lowest BCUT2D eigenvalue weighted by atomic mass is 10.1. The summed E-state index contributed by atoms with van der Waals surface area (Å²) in [5.74, 6) is 1.32. The monoisotopic (exact) mass is 379 g/mol. The highest BCUT2D eigenvalue weighted by Crippen LogP contribution is 2.30. The van der Waals surface area contributed by atoms with Crippen LogP contribution in [0.15, 0.2) is 70.8 Å². The zero-order chi connectivity index (χ0) is 18.8. The fourth-order valence-corrected chi connectivity index (χ4v) is 4.02. The van der Waals surface area contributed by atoms with Crippen molar-refractivity contribution in [3.05, 3.63) is 60.8 Å². The largest absolute Gasteiger partial charge is 0.497 e. The summed E-state index contributed by atoms with van der Waals surface area (Å²) in [7, 11) is 1.68. The summed E-state index contributed by atoms with van der Waals surface area (Å²) in [5, 5.41) is 0.366. The van der Waals surface area contributed by atoms with Crippen LogP contribution in [-0.2, 0) is 10.8 Å². The Labute approximate surface area is 158 Å². The summed E-state index contributed by atoms with van der Waals surface area (Å²) >= 11 is 0. The van der Waals surface area contributed by atoms with Crippen molar-refractivity contribution in [3.8, 4) is 22.8 Å². The maximum Gasteiger partial charge on any atom is 0.202 e. The molecule has 2 aromatic heterocycles. The van der Waals surface area contributed by atoms with Crippen LogP contribution in [0, 0.1) is 0 Å². The number of aromatic amines is 1. The van der Waals surface area contributed by atoms with Gasteiger partial charge in [-0.15, -0.1) is 0 Å². The molecule has 0 aliphatic heterocycles. The molecule has 0 spiro atoms. The maximum absolute atomic E-state index is 13.3. The fraction of sp³-hybridized carbons (Fsp3) is 0.100. The normalized spacial score (nSPS) is 12.1. The Kier molecular flexibility index (Phi) is 4.60. The number of rotatable bonds is 5. The molecular weight excluding hydrogens is 362 g/mol. The molecule has 7 heteroatoms. The predicted molar refractivity (Wildman–Crippen MR) is 104 cm³/mol. The van der Waals surface area contributed by atoms with E-state index in [4.69, 9.17) is 9.47 Å². The first kappa shape index (κ1) is 17.2. The molecule has 136 valence electrons. The quantitative estimate of drug-likeness (QED) is 0.571. The summed E-state index contributed by atoms with van der Waals surface area (Å²) in [4.78, 5) is 12.7. The van der Waals surface area contributed by atoms with E-state index in [0.29, 0.717) is 32.8 Å². The van der Waals surface area contributed by atoms with E-state index < -0.39 is 10.8 Å². The molecule has 0 bridgehead atoms. The molecule has 4 rings (SSSR count). The van der Waals surface area contributed by atoms with E-state index in [-0.39, 0.29) is 0 Å². The maximum atomic E-state index is 13.3. The van der Waals surface area contributed by atoms with E-state index in [1.807, 2.05) is 48.5 Å². The fourth-order valence-electron chi connectivity index (χ4n) is 2.87. The standard InChI is InChI=1S/C20H17N3O3S/c1-25-13-10-11-21-16(12-13)14-6-3-4-9-18(14)27(24)20-22-15-7-5-8-17(26-2)19(15)23-20/h3-12H,1-2H3,(H,22,23). The van der Waals surface area contributed by atoms with E-state index in [9.17, 15) is 4.21 Å². The van der Waals surface area contributed by atoms with Gasteiger partial charge < -0.3 is 14.5 Å². The van der Waals surface area contributed by atoms with Crippen molar-refractivity contribution in [1.82, 2.24) is 15.0 Å². The number of H-pyrrole nitrogens is 1. The Morgan fingerprint density at radius 1 is 1.00 bits per heavy atom. The highest BCUT2D eigenvalue weighted by atomic mass is 32.2. The average Bonchev–Trinajstić information content (AvgIpc) is 3.17. The van der Waals surface area contributed by atoms with Crippen LogP contribution in [0.2, 0.25) is 0 Å². The van der Waals surface area contributed by atoms with Crippen molar-refractivity contribution in [2.45, 2.75) is 10.1 Å². The minimum Gasteiger partial charge on any atom is -0.497 e. The third-order valence-electron chi connectivity index (χ3n) is 4.18. The number of benzene rings is 2. The van der Waals surface area contributed by atoms with Gasteiger partial charge in [0.2, 0.25) is 5.16 Å². The van der Waals surface area contributed by atoms with Crippen molar-refractivity contribution in [1.29, 1.82) is 0 Å². The summed E-state index contributed by atoms with van der Waals surface area (Å²) in [5.41, 5.74) is 2.88. The number of nitrogens with one attached hydrogen (secondary N) is 1. The molecule has 0 radical (unpaired) electrons. The predicted octanol–water partition coefficient (Wildman–Crippen LogP) is 3.81. The lowest BCUT2D eigenvalue weighted by molar-refractivity contribution is 0.414. The Bertz CT molecular complexity index is 1140. The number of ether oxygens (including phenoxy) is 2. The van der Waals surface area contributed by atoms with Gasteiger partial charge in [-0.3, -0.25) is 4.98 Å². The number of para-hydroxylation sites is 1. The number of hydrogen-bond acceptors (Lipinski definition) is 5. The molecule has 0 saturated carbocycles. The lowest BCUT2D eigenvalue weighted by Crippen LogP contribution is -1.99. The topological polar surface area (TPSA) is 77.1 Å². The Morgan fingerprint density at radius 3 is 2.67 bits per heavy atom. The Hall–Kier alpha value is -3.19. The van der Waals surface area contributed by atoms with Crippen molar-refractivity contribution in [3.63, 3.8) is 0 Å². The van der Waals surface area contributed by atoms with Crippen LogP contribution in [-0.4, -0.2) is 33.4 Å². The van der Waals surface area contributed by atoms with E-state index in [1.54, 1.807) is 26.5 Å². The molecule has 0 amide bonds. The number of hydrogen-bond donors (Lipinski definition) is 1. The number of imidazole rings is 1. The van der Waals surface area contributed by atoms with E-state index >= 15 is 0 Å². The van der Waals surface area contributed by atoms with Crippen molar-refractivity contribution < 1.29 is 13.7 Å². The molecule has 6 nitrogen and oxygen atoms in total. The molecule has 0 aliphatic carbocycles. The second-order valence-electron chi connectivity index (χ2n) is 5.74. The summed E-state index contributed by atoms with van der Waals surface area (Å²) in [6.45, 7) is 0. The smallest absolute Gasteiger partial charge is 0.202 e. The average molecular weight is 379 g/mol. The summed E-state index contributed by atoms with van der Waals surface area (Å²) in [6, 6.07) is 16.6. The second kappa shape index (κ2) is 7.20. The van der Waals surface area contributed by atoms with Crippen LogP contribution >= 0.6 is 0 Å². The first-order valence-electron chi connectivity index (χ1n) is 8.25. The van der Waals surface area contributed by atoms with Gasteiger partial charge in [0.1, 0.15) is 27.8 Å². The van der Waals surface area contributed by atoms with Crippen LogP contribution < -0.4 is 9.47 Å². The molecule has 2 heterocycles. The van der Waals surface area contributed by atoms with Crippen molar-refractivity contribution in [2.24, 2.45) is 0 Å². The first-order chi connectivity index (χ1) is 13.2. The van der Waals surface area contributed by atoms with Gasteiger partial charge in [0.15, 0.2) is 0 Å². The van der Waals surface area contributed by atoms with Crippen LogP contribution in [0.5, 0.6) is 11.5 Å². The summed E-state index contributed by atoms with van der Waals surface area (Å²) < 4.78 is 23.9. The Balaban J connectivity index is 1.81. The number of nitrogens with zero attached hydrogens (tertiary/aromatic N) is 2. The zero-order valence-electron chi connectivity index (χ0n) is 14.8. The van der Waals surface area contributed by atoms with E-state index in [0.717, 1.165) is 11.1 Å². The summed E-state index contributed by atoms with van der Waals surface area (Å²) in [6.07, 6.45) is 1.67.